The Hall–Kier alpha value is -0.610. The van der Waals surface area contributed by atoms with Crippen molar-refractivity contribution in [3.8, 4) is 0 Å². The van der Waals surface area contributed by atoms with Gasteiger partial charge in [0.25, 0.3) is 0 Å². The van der Waals surface area contributed by atoms with Gasteiger partial charge in [-0.3, -0.25) is 4.79 Å². The van der Waals surface area contributed by atoms with E-state index in [9.17, 15) is 4.79 Å². The zero-order chi connectivity index (χ0) is 11.1. The van der Waals surface area contributed by atoms with Crippen LogP contribution in [-0.2, 0) is 4.79 Å². The number of nitrogens with two attached hydrogens (primary N) is 1. The maximum atomic E-state index is 11.5. The number of hydrogen-bond acceptors (Lipinski definition) is 3. The van der Waals surface area contributed by atoms with Crippen LogP contribution in [0.2, 0.25) is 0 Å². The summed E-state index contributed by atoms with van der Waals surface area (Å²) >= 11 is 0. The molecule has 0 aliphatic carbocycles. The molecule has 0 spiro atoms. The zero-order valence-electron chi connectivity index (χ0n) is 9.79. The molecule has 0 aliphatic heterocycles. The van der Waals surface area contributed by atoms with E-state index in [0.29, 0.717) is 6.42 Å². The molecule has 14 heavy (non-hydrogen) atoms. The van der Waals surface area contributed by atoms with Crippen LogP contribution in [0.1, 0.15) is 19.8 Å². The highest BCUT2D eigenvalue weighted by atomic mass is 16.2. The van der Waals surface area contributed by atoms with Crippen LogP contribution in [0.15, 0.2) is 0 Å². The summed E-state index contributed by atoms with van der Waals surface area (Å²) in [6.07, 6.45) is 1.70. The number of rotatable bonds is 6. The van der Waals surface area contributed by atoms with Gasteiger partial charge in [0, 0.05) is 13.6 Å². The molecule has 84 valence electrons. The van der Waals surface area contributed by atoms with Crippen LogP contribution in [0.3, 0.4) is 0 Å². The summed E-state index contributed by atoms with van der Waals surface area (Å²) < 4.78 is 0. The molecule has 2 N–H and O–H groups in total. The molecule has 0 aromatic heterocycles. The quantitative estimate of drug-likeness (QED) is 0.665. The molecule has 0 saturated heterocycles. The van der Waals surface area contributed by atoms with Gasteiger partial charge in [0.1, 0.15) is 0 Å². The first-order valence-corrected chi connectivity index (χ1v) is 5.14. The SMILES string of the molecule is CC[C@H](N)C(=O)N(C)CCCN(C)C. The average molecular weight is 201 g/mol. The fourth-order valence-corrected chi connectivity index (χ4v) is 1.19. The number of carbonyl (C=O) groups excluding carboxylic acids is 1. The van der Waals surface area contributed by atoms with Gasteiger partial charge >= 0.3 is 0 Å². The van der Waals surface area contributed by atoms with Gasteiger partial charge in [-0.05, 0) is 33.5 Å². The summed E-state index contributed by atoms with van der Waals surface area (Å²) in [6, 6.07) is -0.334. The lowest BCUT2D eigenvalue weighted by molar-refractivity contribution is -0.131. The van der Waals surface area contributed by atoms with Crippen molar-refractivity contribution in [1.29, 1.82) is 0 Å². The molecular formula is C10H23N3O. The van der Waals surface area contributed by atoms with E-state index in [2.05, 4.69) is 4.90 Å². The summed E-state index contributed by atoms with van der Waals surface area (Å²) in [7, 11) is 5.87. The molecule has 0 aromatic carbocycles. The second-order valence-electron chi connectivity index (χ2n) is 3.93. The molecule has 1 atom stereocenters. The third-order valence-electron chi connectivity index (χ3n) is 2.23. The van der Waals surface area contributed by atoms with Crippen molar-refractivity contribution in [3.63, 3.8) is 0 Å². The lowest BCUT2D eigenvalue weighted by Gasteiger charge is -2.21. The van der Waals surface area contributed by atoms with Crippen molar-refractivity contribution in [3.05, 3.63) is 0 Å². The van der Waals surface area contributed by atoms with E-state index < -0.39 is 0 Å². The lowest BCUT2D eigenvalue weighted by atomic mass is 10.2. The van der Waals surface area contributed by atoms with Crippen LogP contribution in [0.4, 0.5) is 0 Å². The predicted molar refractivity (Wildman–Crippen MR) is 59.1 cm³/mol. The Morgan fingerprint density at radius 3 is 2.29 bits per heavy atom. The largest absolute Gasteiger partial charge is 0.344 e. The van der Waals surface area contributed by atoms with Gasteiger partial charge in [0.05, 0.1) is 6.04 Å². The van der Waals surface area contributed by atoms with Crippen molar-refractivity contribution in [2.75, 3.05) is 34.2 Å². The molecule has 0 radical (unpaired) electrons. The Balaban J connectivity index is 3.73. The molecule has 4 nitrogen and oxygen atoms in total. The molecule has 0 fully saturated rings. The van der Waals surface area contributed by atoms with Crippen molar-refractivity contribution < 1.29 is 4.79 Å². The third-order valence-corrected chi connectivity index (χ3v) is 2.23. The van der Waals surface area contributed by atoms with E-state index in [4.69, 9.17) is 5.73 Å². The zero-order valence-corrected chi connectivity index (χ0v) is 9.79. The average Bonchev–Trinajstić information content (AvgIpc) is 2.14. The summed E-state index contributed by atoms with van der Waals surface area (Å²) in [4.78, 5) is 15.4. The van der Waals surface area contributed by atoms with Gasteiger partial charge in [-0.15, -0.1) is 0 Å². The smallest absolute Gasteiger partial charge is 0.239 e. The second kappa shape index (κ2) is 6.79. The molecule has 0 aromatic rings. The van der Waals surface area contributed by atoms with Crippen molar-refractivity contribution in [1.82, 2.24) is 9.80 Å². The number of amides is 1. The fourth-order valence-electron chi connectivity index (χ4n) is 1.19. The first-order chi connectivity index (χ1) is 6.49. The Bertz CT molecular complexity index is 171. The van der Waals surface area contributed by atoms with Crippen LogP contribution in [-0.4, -0.2) is 56.0 Å². The minimum Gasteiger partial charge on any atom is -0.344 e. The maximum Gasteiger partial charge on any atom is 0.239 e. The summed E-state index contributed by atoms with van der Waals surface area (Å²) in [6.45, 7) is 3.71. The Morgan fingerprint density at radius 1 is 1.29 bits per heavy atom. The minimum absolute atomic E-state index is 0.0475. The number of hydrogen-bond donors (Lipinski definition) is 1. The monoisotopic (exact) mass is 201 g/mol. The molecule has 0 unspecified atom stereocenters. The normalized spacial score (nSPS) is 13.0. The molecule has 0 rings (SSSR count). The number of nitrogens with zero attached hydrogens (tertiary/aromatic N) is 2. The van der Waals surface area contributed by atoms with Gasteiger partial charge in [-0.1, -0.05) is 6.92 Å². The molecular weight excluding hydrogens is 178 g/mol. The minimum atomic E-state index is -0.334. The van der Waals surface area contributed by atoms with Crippen molar-refractivity contribution in [2.45, 2.75) is 25.8 Å². The summed E-state index contributed by atoms with van der Waals surface area (Å²) in [5, 5.41) is 0. The van der Waals surface area contributed by atoms with Crippen LogP contribution in [0.5, 0.6) is 0 Å². The van der Waals surface area contributed by atoms with Crippen LogP contribution < -0.4 is 5.73 Å². The molecule has 1 amide bonds. The number of carbonyl (C=O) groups is 1. The fraction of sp³-hybridized carbons (Fsp3) is 0.900. The van der Waals surface area contributed by atoms with E-state index in [1.54, 1.807) is 4.90 Å². The lowest BCUT2D eigenvalue weighted by Crippen LogP contribution is -2.42. The predicted octanol–water partition coefficient (Wildman–Crippen LogP) is 0.134. The third kappa shape index (κ3) is 5.19. The highest BCUT2D eigenvalue weighted by Crippen LogP contribution is 1.96. The van der Waals surface area contributed by atoms with Gasteiger partial charge in [-0.25, -0.2) is 0 Å². The highest BCUT2D eigenvalue weighted by Gasteiger charge is 2.15. The van der Waals surface area contributed by atoms with E-state index in [1.165, 1.54) is 0 Å². The molecule has 0 bridgehead atoms. The van der Waals surface area contributed by atoms with Crippen molar-refractivity contribution >= 4 is 5.91 Å². The molecule has 0 heterocycles. The van der Waals surface area contributed by atoms with Gasteiger partial charge in [0.15, 0.2) is 0 Å². The Morgan fingerprint density at radius 2 is 1.86 bits per heavy atom. The van der Waals surface area contributed by atoms with Crippen LogP contribution >= 0.6 is 0 Å². The van der Waals surface area contributed by atoms with E-state index in [-0.39, 0.29) is 11.9 Å². The van der Waals surface area contributed by atoms with Crippen LogP contribution in [0, 0.1) is 0 Å². The summed E-state index contributed by atoms with van der Waals surface area (Å²) in [5.74, 6) is 0.0475. The van der Waals surface area contributed by atoms with Gasteiger partial charge in [0.2, 0.25) is 5.91 Å². The maximum absolute atomic E-state index is 11.5. The van der Waals surface area contributed by atoms with Crippen LogP contribution in [0.25, 0.3) is 0 Å². The van der Waals surface area contributed by atoms with Gasteiger partial charge in [-0.2, -0.15) is 0 Å². The second-order valence-corrected chi connectivity index (χ2v) is 3.93. The topological polar surface area (TPSA) is 49.6 Å². The first kappa shape index (κ1) is 13.4. The molecule has 0 aliphatic rings. The molecule has 0 saturated carbocycles. The first-order valence-electron chi connectivity index (χ1n) is 5.14. The van der Waals surface area contributed by atoms with E-state index >= 15 is 0 Å². The van der Waals surface area contributed by atoms with E-state index in [1.807, 2.05) is 28.1 Å². The summed E-state index contributed by atoms with van der Waals surface area (Å²) in [5.41, 5.74) is 5.65. The van der Waals surface area contributed by atoms with E-state index in [0.717, 1.165) is 19.5 Å². The number of likely N-dealkylation sites (N-methyl/N-ethyl adjacent to an activating group) is 1. The van der Waals surface area contributed by atoms with Gasteiger partial charge < -0.3 is 15.5 Å². The van der Waals surface area contributed by atoms with Crippen molar-refractivity contribution in [2.24, 2.45) is 5.73 Å². The highest BCUT2D eigenvalue weighted by molar-refractivity contribution is 5.81. The molecule has 4 heteroatoms. The Labute approximate surface area is 87.0 Å². The Kier molecular flexibility index (Phi) is 6.49. The standard InChI is InChI=1S/C10H23N3O/c1-5-9(11)10(14)13(4)8-6-7-12(2)3/h9H,5-8,11H2,1-4H3/t9-/m0/s1.